The van der Waals surface area contributed by atoms with Crippen LogP contribution in [0.15, 0.2) is 23.1 Å². The van der Waals surface area contributed by atoms with E-state index in [1.54, 1.807) is 19.1 Å². The lowest BCUT2D eigenvalue weighted by atomic mass is 10.1. The minimum absolute atomic E-state index is 0.112. The molecule has 0 saturated heterocycles. The molecular formula is C16H23NO3S. The van der Waals surface area contributed by atoms with Gasteiger partial charge in [-0.15, -0.1) is 11.8 Å². The Balaban J connectivity index is 2.67. The third kappa shape index (κ3) is 5.42. The summed E-state index contributed by atoms with van der Waals surface area (Å²) in [4.78, 5) is 26.0. The van der Waals surface area contributed by atoms with Crippen LogP contribution in [0.25, 0.3) is 0 Å². The van der Waals surface area contributed by atoms with Crippen LogP contribution in [0, 0.1) is 6.92 Å². The fourth-order valence-electron chi connectivity index (χ4n) is 2.06. The van der Waals surface area contributed by atoms with Gasteiger partial charge in [0.25, 0.3) is 0 Å². The lowest BCUT2D eigenvalue weighted by Gasteiger charge is -2.21. The van der Waals surface area contributed by atoms with Gasteiger partial charge in [0, 0.05) is 18.0 Å². The number of benzene rings is 1. The van der Waals surface area contributed by atoms with E-state index < -0.39 is 5.97 Å². The smallest absolute Gasteiger partial charge is 0.335 e. The van der Waals surface area contributed by atoms with E-state index in [0.717, 1.165) is 36.4 Å². The van der Waals surface area contributed by atoms with E-state index in [9.17, 15) is 9.59 Å². The van der Waals surface area contributed by atoms with E-state index in [0.29, 0.717) is 11.3 Å². The second kappa shape index (κ2) is 8.72. The van der Waals surface area contributed by atoms with Crippen LogP contribution in [-0.4, -0.2) is 40.7 Å². The van der Waals surface area contributed by atoms with Crippen LogP contribution >= 0.6 is 11.8 Å². The highest BCUT2D eigenvalue weighted by molar-refractivity contribution is 8.00. The molecule has 0 bridgehead atoms. The van der Waals surface area contributed by atoms with Crippen LogP contribution in [0.1, 0.15) is 42.6 Å². The molecule has 0 unspecified atom stereocenters. The molecule has 0 atom stereocenters. The highest BCUT2D eigenvalue weighted by Gasteiger charge is 2.13. The first kappa shape index (κ1) is 17.6. The minimum Gasteiger partial charge on any atom is -0.478 e. The Morgan fingerprint density at radius 1 is 1.19 bits per heavy atom. The lowest BCUT2D eigenvalue weighted by molar-refractivity contribution is -0.128. The molecule has 0 aliphatic rings. The van der Waals surface area contributed by atoms with Crippen molar-refractivity contribution in [1.82, 2.24) is 4.90 Å². The maximum Gasteiger partial charge on any atom is 0.335 e. The average Bonchev–Trinajstić information content (AvgIpc) is 2.45. The first-order valence-corrected chi connectivity index (χ1v) is 8.22. The summed E-state index contributed by atoms with van der Waals surface area (Å²) in [5.41, 5.74) is 1.03. The number of thioether (sulfide) groups is 1. The predicted molar refractivity (Wildman–Crippen MR) is 86.0 cm³/mol. The van der Waals surface area contributed by atoms with Crippen molar-refractivity contribution in [1.29, 1.82) is 0 Å². The molecule has 0 saturated carbocycles. The molecule has 0 aliphatic carbocycles. The van der Waals surface area contributed by atoms with E-state index >= 15 is 0 Å². The summed E-state index contributed by atoms with van der Waals surface area (Å²) < 4.78 is 0. The molecule has 0 aromatic heterocycles. The Bertz CT molecular complexity index is 496. The van der Waals surface area contributed by atoms with Gasteiger partial charge in [0.15, 0.2) is 0 Å². The van der Waals surface area contributed by atoms with Crippen LogP contribution < -0.4 is 0 Å². The zero-order valence-corrected chi connectivity index (χ0v) is 13.7. The van der Waals surface area contributed by atoms with Crippen molar-refractivity contribution in [2.45, 2.75) is 38.5 Å². The summed E-state index contributed by atoms with van der Waals surface area (Å²) in [6, 6.07) is 5.29. The normalized spacial score (nSPS) is 10.4. The molecule has 1 rings (SSSR count). The van der Waals surface area contributed by atoms with Gasteiger partial charge in [0.05, 0.1) is 11.3 Å². The van der Waals surface area contributed by atoms with Crippen molar-refractivity contribution in [2.24, 2.45) is 0 Å². The Labute approximate surface area is 130 Å². The van der Waals surface area contributed by atoms with E-state index in [4.69, 9.17) is 5.11 Å². The van der Waals surface area contributed by atoms with Gasteiger partial charge in [-0.1, -0.05) is 19.9 Å². The van der Waals surface area contributed by atoms with Crippen molar-refractivity contribution in [3.63, 3.8) is 0 Å². The molecule has 1 aromatic carbocycles. The fourth-order valence-corrected chi connectivity index (χ4v) is 2.90. The van der Waals surface area contributed by atoms with Crippen molar-refractivity contribution >= 4 is 23.6 Å². The standard InChI is InChI=1S/C16H23NO3S/c1-4-8-17(9-5-2)15(18)11-21-13-7-6-12(3)14(10-13)16(19)20/h6-7,10H,4-5,8-9,11H2,1-3H3,(H,19,20). The molecule has 0 heterocycles. The van der Waals surface area contributed by atoms with Gasteiger partial charge in [-0.25, -0.2) is 4.79 Å². The van der Waals surface area contributed by atoms with Gasteiger partial charge < -0.3 is 10.0 Å². The number of hydrogen-bond acceptors (Lipinski definition) is 3. The number of rotatable bonds is 8. The summed E-state index contributed by atoms with van der Waals surface area (Å²) in [5.74, 6) is -0.469. The molecule has 0 aliphatic heterocycles. The molecule has 0 radical (unpaired) electrons. The lowest BCUT2D eigenvalue weighted by Crippen LogP contribution is -2.33. The second-order valence-corrected chi connectivity index (χ2v) is 6.00. The van der Waals surface area contributed by atoms with Crippen molar-refractivity contribution in [3.8, 4) is 0 Å². The summed E-state index contributed by atoms with van der Waals surface area (Å²) >= 11 is 1.39. The Morgan fingerprint density at radius 3 is 2.33 bits per heavy atom. The first-order valence-electron chi connectivity index (χ1n) is 7.24. The number of aryl methyl sites for hydroxylation is 1. The number of carboxylic acid groups (broad SMARTS) is 1. The summed E-state index contributed by atoms with van der Waals surface area (Å²) in [6.45, 7) is 7.45. The first-order chi connectivity index (χ1) is 9.99. The van der Waals surface area contributed by atoms with Crippen LogP contribution in [0.5, 0.6) is 0 Å². The van der Waals surface area contributed by atoms with Crippen molar-refractivity contribution < 1.29 is 14.7 Å². The zero-order chi connectivity index (χ0) is 15.8. The largest absolute Gasteiger partial charge is 0.478 e. The van der Waals surface area contributed by atoms with E-state index in [2.05, 4.69) is 13.8 Å². The fraction of sp³-hybridized carbons (Fsp3) is 0.500. The molecule has 4 nitrogen and oxygen atoms in total. The Kier molecular flexibility index (Phi) is 7.29. The third-order valence-corrected chi connectivity index (χ3v) is 4.12. The van der Waals surface area contributed by atoms with Crippen LogP contribution in [0.4, 0.5) is 0 Å². The molecular weight excluding hydrogens is 286 g/mol. The van der Waals surface area contributed by atoms with Gasteiger partial charge in [0.1, 0.15) is 0 Å². The highest BCUT2D eigenvalue weighted by atomic mass is 32.2. The molecule has 0 fully saturated rings. The van der Waals surface area contributed by atoms with Crippen molar-refractivity contribution in [3.05, 3.63) is 29.3 Å². The minimum atomic E-state index is -0.931. The second-order valence-electron chi connectivity index (χ2n) is 4.95. The number of carboxylic acids is 1. The molecule has 1 N–H and O–H groups in total. The summed E-state index contributed by atoms with van der Waals surface area (Å²) in [6.07, 6.45) is 1.90. The third-order valence-electron chi connectivity index (χ3n) is 3.14. The highest BCUT2D eigenvalue weighted by Crippen LogP contribution is 2.22. The summed E-state index contributed by atoms with van der Waals surface area (Å²) in [5, 5.41) is 9.11. The summed E-state index contributed by atoms with van der Waals surface area (Å²) in [7, 11) is 0. The topological polar surface area (TPSA) is 57.6 Å². The molecule has 0 spiro atoms. The zero-order valence-electron chi connectivity index (χ0n) is 12.9. The maximum absolute atomic E-state index is 12.2. The number of carbonyl (C=O) groups excluding carboxylic acids is 1. The van der Waals surface area contributed by atoms with Crippen molar-refractivity contribution in [2.75, 3.05) is 18.8 Å². The van der Waals surface area contributed by atoms with Crippen LogP contribution in [0.3, 0.4) is 0 Å². The number of hydrogen-bond donors (Lipinski definition) is 1. The van der Waals surface area contributed by atoms with Gasteiger partial charge in [0.2, 0.25) is 5.91 Å². The number of nitrogens with zero attached hydrogens (tertiary/aromatic N) is 1. The Morgan fingerprint density at radius 2 is 1.81 bits per heavy atom. The van der Waals surface area contributed by atoms with Crippen LogP contribution in [-0.2, 0) is 4.79 Å². The van der Waals surface area contributed by atoms with E-state index in [1.165, 1.54) is 11.8 Å². The molecule has 21 heavy (non-hydrogen) atoms. The van der Waals surface area contributed by atoms with Crippen LogP contribution in [0.2, 0.25) is 0 Å². The molecule has 5 heteroatoms. The predicted octanol–water partition coefficient (Wildman–Crippen LogP) is 3.43. The SMILES string of the molecule is CCCN(CCC)C(=O)CSc1ccc(C)c(C(=O)O)c1. The average molecular weight is 309 g/mol. The molecule has 1 amide bonds. The van der Waals surface area contributed by atoms with E-state index in [-0.39, 0.29) is 5.91 Å². The molecule has 1 aromatic rings. The van der Waals surface area contributed by atoms with Gasteiger partial charge >= 0.3 is 5.97 Å². The number of aromatic carboxylic acids is 1. The van der Waals surface area contributed by atoms with Gasteiger partial charge in [-0.2, -0.15) is 0 Å². The van der Waals surface area contributed by atoms with Gasteiger partial charge in [-0.3, -0.25) is 4.79 Å². The monoisotopic (exact) mass is 309 g/mol. The molecule has 116 valence electrons. The number of carbonyl (C=O) groups is 2. The number of amides is 1. The van der Waals surface area contributed by atoms with E-state index in [1.807, 2.05) is 11.0 Å². The maximum atomic E-state index is 12.2. The quantitative estimate of drug-likeness (QED) is 0.747. The Hall–Kier alpha value is -1.49. The van der Waals surface area contributed by atoms with Gasteiger partial charge in [-0.05, 0) is 37.5 Å².